The Bertz CT molecular complexity index is 487. The van der Waals surface area contributed by atoms with Crippen molar-refractivity contribution in [2.24, 2.45) is 11.1 Å². The van der Waals surface area contributed by atoms with Gasteiger partial charge < -0.3 is 15.0 Å². The predicted molar refractivity (Wildman–Crippen MR) is 79.8 cm³/mol. The molecule has 0 amide bonds. The molecule has 5 nitrogen and oxygen atoms in total. The van der Waals surface area contributed by atoms with E-state index < -0.39 is 0 Å². The average molecular weight is 293 g/mol. The van der Waals surface area contributed by atoms with E-state index >= 15 is 0 Å². The van der Waals surface area contributed by atoms with E-state index in [0.717, 1.165) is 50.8 Å². The smallest absolute Gasteiger partial charge is 0.231 e. The van der Waals surface area contributed by atoms with Crippen molar-refractivity contribution in [1.82, 2.24) is 10.1 Å². The zero-order valence-corrected chi connectivity index (χ0v) is 13.4. The molecule has 0 saturated heterocycles. The number of hydrogen-bond acceptors (Lipinski definition) is 5. The van der Waals surface area contributed by atoms with Crippen LogP contribution in [0, 0.1) is 5.41 Å². The minimum Gasteiger partial charge on any atom is -0.370 e. The van der Waals surface area contributed by atoms with E-state index in [9.17, 15) is 0 Å². The maximum Gasteiger partial charge on any atom is 0.231 e. The van der Waals surface area contributed by atoms with E-state index in [1.54, 1.807) is 7.11 Å². The molecule has 2 N–H and O–H groups in total. The Morgan fingerprint density at radius 2 is 1.90 bits per heavy atom. The van der Waals surface area contributed by atoms with Crippen LogP contribution in [0.4, 0.5) is 0 Å². The lowest BCUT2D eigenvalue weighted by Gasteiger charge is -2.40. The molecule has 1 aromatic rings. The number of methoxy groups -OCH3 is 1. The van der Waals surface area contributed by atoms with Crippen LogP contribution in [0.2, 0.25) is 0 Å². The fourth-order valence-electron chi connectivity index (χ4n) is 3.72. The van der Waals surface area contributed by atoms with Crippen molar-refractivity contribution in [2.45, 2.75) is 76.4 Å². The molecular formula is C16H27N3O2. The lowest BCUT2D eigenvalue weighted by molar-refractivity contribution is -0.0740. The third-order valence-electron chi connectivity index (χ3n) is 5.54. The zero-order chi connectivity index (χ0) is 15.1. The van der Waals surface area contributed by atoms with E-state index in [0.29, 0.717) is 11.3 Å². The molecule has 21 heavy (non-hydrogen) atoms. The van der Waals surface area contributed by atoms with Crippen molar-refractivity contribution < 1.29 is 9.26 Å². The van der Waals surface area contributed by atoms with Crippen LogP contribution in [0.1, 0.15) is 76.4 Å². The summed E-state index contributed by atoms with van der Waals surface area (Å²) in [5.41, 5.74) is 6.14. The van der Waals surface area contributed by atoms with E-state index in [1.807, 2.05) is 0 Å². The van der Waals surface area contributed by atoms with Gasteiger partial charge in [0.2, 0.25) is 11.7 Å². The van der Waals surface area contributed by atoms with Crippen molar-refractivity contribution in [1.29, 1.82) is 0 Å². The van der Waals surface area contributed by atoms with Crippen LogP contribution < -0.4 is 5.73 Å². The molecule has 5 heteroatoms. The highest BCUT2D eigenvalue weighted by Gasteiger charge is 2.44. The fourth-order valence-corrected chi connectivity index (χ4v) is 3.72. The fraction of sp³-hybridized carbons (Fsp3) is 0.875. The van der Waals surface area contributed by atoms with Crippen LogP contribution >= 0.6 is 0 Å². The Hall–Kier alpha value is -0.940. The first-order valence-corrected chi connectivity index (χ1v) is 8.11. The summed E-state index contributed by atoms with van der Waals surface area (Å²) in [6.45, 7) is 4.62. The topological polar surface area (TPSA) is 74.2 Å². The molecule has 2 fully saturated rings. The Balaban J connectivity index is 1.81. The van der Waals surface area contributed by atoms with Crippen LogP contribution in [0.15, 0.2) is 4.52 Å². The summed E-state index contributed by atoms with van der Waals surface area (Å²) >= 11 is 0. The van der Waals surface area contributed by atoms with Crippen LogP contribution in [0.3, 0.4) is 0 Å². The van der Waals surface area contributed by atoms with Gasteiger partial charge in [0.1, 0.15) is 5.60 Å². The van der Waals surface area contributed by atoms with Crippen LogP contribution in [-0.2, 0) is 10.3 Å². The van der Waals surface area contributed by atoms with Crippen molar-refractivity contribution >= 4 is 0 Å². The van der Waals surface area contributed by atoms with Crippen LogP contribution in [0.25, 0.3) is 0 Å². The lowest BCUT2D eigenvalue weighted by Crippen LogP contribution is -2.37. The Kier molecular flexibility index (Phi) is 3.82. The number of rotatable bonds is 3. The second-order valence-electron chi connectivity index (χ2n) is 7.52. The highest BCUT2D eigenvalue weighted by atomic mass is 16.5. The van der Waals surface area contributed by atoms with Gasteiger partial charge in [0.25, 0.3) is 0 Å². The first kappa shape index (κ1) is 15.0. The highest BCUT2D eigenvalue weighted by molar-refractivity contribution is 5.09. The van der Waals surface area contributed by atoms with Crippen LogP contribution in [-0.4, -0.2) is 23.3 Å². The monoisotopic (exact) mass is 293 g/mol. The molecule has 0 bridgehead atoms. The molecule has 2 aliphatic rings. The molecule has 1 aromatic heterocycles. The van der Waals surface area contributed by atoms with Gasteiger partial charge in [0.15, 0.2) is 0 Å². The van der Waals surface area contributed by atoms with Crippen molar-refractivity contribution in [3.05, 3.63) is 11.7 Å². The summed E-state index contributed by atoms with van der Waals surface area (Å²) in [6.07, 6.45) is 7.38. The molecule has 3 rings (SSSR count). The van der Waals surface area contributed by atoms with Crippen molar-refractivity contribution in [2.75, 3.05) is 7.11 Å². The molecule has 0 spiro atoms. The molecule has 2 unspecified atom stereocenters. The van der Waals surface area contributed by atoms with Crippen molar-refractivity contribution in [3.63, 3.8) is 0 Å². The Labute approximate surface area is 126 Å². The number of nitrogens with two attached hydrogens (primary N) is 1. The van der Waals surface area contributed by atoms with E-state index in [2.05, 4.69) is 24.0 Å². The van der Waals surface area contributed by atoms with Gasteiger partial charge in [-0.05, 0) is 43.9 Å². The van der Waals surface area contributed by atoms with Gasteiger partial charge >= 0.3 is 0 Å². The largest absolute Gasteiger partial charge is 0.370 e. The highest BCUT2D eigenvalue weighted by Crippen LogP contribution is 2.46. The quantitative estimate of drug-likeness (QED) is 0.927. The maximum absolute atomic E-state index is 6.14. The molecule has 0 radical (unpaired) electrons. The van der Waals surface area contributed by atoms with Crippen molar-refractivity contribution in [3.8, 4) is 0 Å². The lowest BCUT2D eigenvalue weighted by atomic mass is 9.70. The number of hydrogen-bond donors (Lipinski definition) is 1. The van der Waals surface area contributed by atoms with Gasteiger partial charge in [-0.25, -0.2) is 0 Å². The third-order valence-corrected chi connectivity index (χ3v) is 5.54. The van der Waals surface area contributed by atoms with E-state index in [-0.39, 0.29) is 17.6 Å². The molecule has 2 aliphatic carbocycles. The molecular weight excluding hydrogens is 266 g/mol. The first-order chi connectivity index (χ1) is 9.96. The summed E-state index contributed by atoms with van der Waals surface area (Å²) in [6, 6.07) is 0.155. The average Bonchev–Trinajstić information content (AvgIpc) is 3.08. The summed E-state index contributed by atoms with van der Waals surface area (Å²) in [4.78, 5) is 4.67. The normalized spacial score (nSPS) is 31.4. The van der Waals surface area contributed by atoms with Gasteiger partial charge in [-0.2, -0.15) is 4.98 Å². The van der Waals surface area contributed by atoms with Gasteiger partial charge in [-0.1, -0.05) is 25.4 Å². The molecule has 0 aromatic carbocycles. The Morgan fingerprint density at radius 1 is 1.19 bits per heavy atom. The van der Waals surface area contributed by atoms with E-state index in [1.165, 1.54) is 0 Å². The molecule has 0 aliphatic heterocycles. The standard InChI is InChI=1S/C16H27N3O2/c1-15(2)7-9-16(20-3,10-8-15)14-18-13(21-19-14)11-5-4-6-12(11)17/h11-12H,4-10,17H2,1-3H3. The number of aromatic nitrogens is 2. The minimum atomic E-state index is -0.375. The number of ether oxygens (including phenoxy) is 1. The zero-order valence-electron chi connectivity index (χ0n) is 13.4. The summed E-state index contributed by atoms with van der Waals surface area (Å²) < 4.78 is 11.4. The van der Waals surface area contributed by atoms with Gasteiger partial charge in [0.05, 0.1) is 5.92 Å². The molecule has 2 atom stereocenters. The number of nitrogens with zero attached hydrogens (tertiary/aromatic N) is 2. The SMILES string of the molecule is COC1(c2noc(C3CCCC3N)n2)CCC(C)(C)CC1. The Morgan fingerprint density at radius 3 is 2.48 bits per heavy atom. The summed E-state index contributed by atoms with van der Waals surface area (Å²) in [7, 11) is 1.76. The summed E-state index contributed by atoms with van der Waals surface area (Å²) in [5.74, 6) is 1.64. The van der Waals surface area contributed by atoms with E-state index in [4.69, 9.17) is 15.0 Å². The molecule has 1 heterocycles. The second-order valence-corrected chi connectivity index (χ2v) is 7.52. The van der Waals surface area contributed by atoms with Gasteiger partial charge in [-0.15, -0.1) is 0 Å². The summed E-state index contributed by atoms with van der Waals surface area (Å²) in [5, 5.41) is 4.24. The van der Waals surface area contributed by atoms with Crippen LogP contribution in [0.5, 0.6) is 0 Å². The van der Waals surface area contributed by atoms with Gasteiger partial charge in [-0.3, -0.25) is 0 Å². The second kappa shape index (κ2) is 5.36. The van der Waals surface area contributed by atoms with Gasteiger partial charge in [0, 0.05) is 13.2 Å². The minimum absolute atomic E-state index is 0.155. The predicted octanol–water partition coefficient (Wildman–Crippen LogP) is 3.11. The third kappa shape index (κ3) is 2.73. The molecule has 2 saturated carbocycles. The maximum atomic E-state index is 6.14. The first-order valence-electron chi connectivity index (χ1n) is 8.11. The molecule has 118 valence electrons.